The largest absolute Gasteiger partial charge is 0.287 e. The molecule has 0 unspecified atom stereocenters. The number of rotatable bonds is 4. The lowest BCUT2D eigenvalue weighted by molar-refractivity contribution is 0.746. The van der Waals surface area contributed by atoms with Crippen molar-refractivity contribution in [3.63, 3.8) is 0 Å². The van der Waals surface area contributed by atoms with E-state index in [4.69, 9.17) is 28.2 Å². The first-order valence-electron chi connectivity index (χ1n) is 9.17. The maximum Gasteiger partial charge on any atom is 0.272 e. The van der Waals surface area contributed by atoms with E-state index in [1.165, 1.54) is 4.57 Å². The number of benzene rings is 3. The van der Waals surface area contributed by atoms with Crippen molar-refractivity contribution in [2.24, 2.45) is 0 Å². The van der Waals surface area contributed by atoms with Crippen LogP contribution in [0.3, 0.4) is 0 Å². The second kappa shape index (κ2) is 8.54. The van der Waals surface area contributed by atoms with Gasteiger partial charge in [-0.2, -0.15) is 5.26 Å². The van der Waals surface area contributed by atoms with Crippen LogP contribution < -0.4 is 5.56 Å². The van der Waals surface area contributed by atoms with Crippen LogP contribution in [-0.4, -0.2) is 9.55 Å². The number of hydrogen-bond donors (Lipinski definition) is 0. The molecule has 0 saturated carbocycles. The van der Waals surface area contributed by atoms with Crippen molar-refractivity contribution in [3.05, 3.63) is 110 Å². The zero-order valence-electron chi connectivity index (χ0n) is 15.7. The summed E-state index contributed by atoms with van der Waals surface area (Å²) in [5.74, 6) is 0.462. The summed E-state index contributed by atoms with van der Waals surface area (Å²) < 4.78 is 1.52. The molecule has 0 radical (unpaired) electrons. The van der Waals surface area contributed by atoms with Crippen LogP contribution in [0.5, 0.6) is 0 Å². The van der Waals surface area contributed by atoms with E-state index in [0.29, 0.717) is 33.7 Å². The predicted octanol–water partition coefficient (Wildman–Crippen LogP) is 5.80. The molecule has 1 aromatic heterocycles. The molecule has 6 heteroatoms. The Labute approximate surface area is 183 Å². The lowest BCUT2D eigenvalue weighted by atomic mass is 10.1. The highest BCUT2D eigenvalue weighted by Crippen LogP contribution is 2.26. The van der Waals surface area contributed by atoms with Gasteiger partial charge >= 0.3 is 0 Å². The first-order valence-corrected chi connectivity index (χ1v) is 9.93. The molecule has 4 nitrogen and oxygen atoms in total. The zero-order valence-corrected chi connectivity index (χ0v) is 17.2. The minimum atomic E-state index is -0.397. The van der Waals surface area contributed by atoms with Crippen LogP contribution in [0.15, 0.2) is 83.7 Å². The van der Waals surface area contributed by atoms with Gasteiger partial charge in [-0.3, -0.25) is 9.36 Å². The quantitative estimate of drug-likeness (QED) is 0.409. The Balaban J connectivity index is 1.99. The SMILES string of the molecule is N#Cc1c(-c2ccc(Cl)cc2)nc(-c2ccc(Cl)cc2)n(Cc2ccccc2)c1=O. The molecule has 30 heavy (non-hydrogen) atoms. The molecular weight excluding hydrogens is 417 g/mol. The van der Waals surface area contributed by atoms with E-state index >= 15 is 0 Å². The fourth-order valence-electron chi connectivity index (χ4n) is 3.20. The fraction of sp³-hybridized carbons (Fsp3) is 0.0417. The molecule has 0 amide bonds. The van der Waals surface area contributed by atoms with Gasteiger partial charge in [-0.15, -0.1) is 0 Å². The highest BCUT2D eigenvalue weighted by atomic mass is 35.5. The molecule has 4 aromatic rings. The third-order valence-electron chi connectivity index (χ3n) is 4.68. The number of nitriles is 1. The van der Waals surface area contributed by atoms with Gasteiger partial charge in [0, 0.05) is 21.2 Å². The lowest BCUT2D eigenvalue weighted by Gasteiger charge is -2.16. The zero-order chi connectivity index (χ0) is 21.1. The minimum absolute atomic E-state index is 0.00836. The number of aromatic nitrogens is 2. The topological polar surface area (TPSA) is 58.7 Å². The molecule has 0 aliphatic carbocycles. The normalized spacial score (nSPS) is 10.6. The van der Waals surface area contributed by atoms with Crippen molar-refractivity contribution in [2.45, 2.75) is 6.54 Å². The first kappa shape index (κ1) is 19.9. The van der Waals surface area contributed by atoms with Gasteiger partial charge in [-0.05, 0) is 42.0 Å². The highest BCUT2D eigenvalue weighted by molar-refractivity contribution is 6.30. The van der Waals surface area contributed by atoms with Crippen LogP contribution in [0.1, 0.15) is 11.1 Å². The molecule has 0 aliphatic rings. The summed E-state index contributed by atoms with van der Waals surface area (Å²) in [7, 11) is 0. The van der Waals surface area contributed by atoms with Crippen molar-refractivity contribution in [3.8, 4) is 28.7 Å². The van der Waals surface area contributed by atoms with Gasteiger partial charge in [0.2, 0.25) is 0 Å². The predicted molar refractivity (Wildman–Crippen MR) is 120 cm³/mol. The van der Waals surface area contributed by atoms with Crippen molar-refractivity contribution in [2.75, 3.05) is 0 Å². The van der Waals surface area contributed by atoms with E-state index in [-0.39, 0.29) is 5.56 Å². The highest BCUT2D eigenvalue weighted by Gasteiger charge is 2.19. The minimum Gasteiger partial charge on any atom is -0.287 e. The van der Waals surface area contributed by atoms with Crippen LogP contribution in [0, 0.1) is 11.3 Å². The second-order valence-corrected chi connectivity index (χ2v) is 7.53. The molecule has 0 atom stereocenters. The third kappa shape index (κ3) is 3.99. The average molecular weight is 432 g/mol. The van der Waals surface area contributed by atoms with Crippen molar-refractivity contribution >= 4 is 23.2 Å². The van der Waals surface area contributed by atoms with Crippen molar-refractivity contribution < 1.29 is 0 Å². The van der Waals surface area contributed by atoms with E-state index in [1.54, 1.807) is 36.4 Å². The molecule has 146 valence electrons. The van der Waals surface area contributed by atoms with Crippen LogP contribution in [0.2, 0.25) is 10.0 Å². The Morgan fingerprint density at radius 1 is 0.833 bits per heavy atom. The van der Waals surface area contributed by atoms with E-state index in [0.717, 1.165) is 11.1 Å². The number of hydrogen-bond acceptors (Lipinski definition) is 3. The molecule has 1 heterocycles. The molecule has 0 spiro atoms. The van der Waals surface area contributed by atoms with Crippen LogP contribution in [0.25, 0.3) is 22.6 Å². The van der Waals surface area contributed by atoms with E-state index < -0.39 is 5.56 Å². The molecule has 0 N–H and O–H groups in total. The Bertz CT molecular complexity index is 1290. The monoisotopic (exact) mass is 431 g/mol. The van der Waals surface area contributed by atoms with Crippen molar-refractivity contribution in [1.82, 2.24) is 9.55 Å². The Hall–Kier alpha value is -3.39. The van der Waals surface area contributed by atoms with Gasteiger partial charge in [0.05, 0.1) is 12.2 Å². The summed E-state index contributed by atoms with van der Waals surface area (Å²) >= 11 is 12.0. The van der Waals surface area contributed by atoms with E-state index in [9.17, 15) is 10.1 Å². The third-order valence-corrected chi connectivity index (χ3v) is 5.19. The molecular formula is C24H15Cl2N3O. The Morgan fingerprint density at radius 2 is 1.40 bits per heavy atom. The van der Waals surface area contributed by atoms with Gasteiger partial charge < -0.3 is 0 Å². The summed E-state index contributed by atoms with van der Waals surface area (Å²) in [6.07, 6.45) is 0. The van der Waals surface area contributed by atoms with Crippen LogP contribution in [0.4, 0.5) is 0 Å². The maximum absolute atomic E-state index is 13.4. The molecule has 0 aliphatic heterocycles. The second-order valence-electron chi connectivity index (χ2n) is 6.66. The Kier molecular flexibility index (Phi) is 5.67. The average Bonchev–Trinajstić information content (AvgIpc) is 2.77. The van der Waals surface area contributed by atoms with E-state index in [2.05, 4.69) is 0 Å². The van der Waals surface area contributed by atoms with E-state index in [1.807, 2.05) is 48.5 Å². The van der Waals surface area contributed by atoms with Gasteiger partial charge in [-0.25, -0.2) is 4.98 Å². The summed E-state index contributed by atoms with van der Waals surface area (Å²) in [4.78, 5) is 18.1. The summed E-state index contributed by atoms with van der Waals surface area (Å²) in [5, 5.41) is 10.9. The smallest absolute Gasteiger partial charge is 0.272 e. The molecule has 0 bridgehead atoms. The molecule has 0 fully saturated rings. The van der Waals surface area contributed by atoms with Crippen molar-refractivity contribution in [1.29, 1.82) is 5.26 Å². The molecule has 4 rings (SSSR count). The van der Waals surface area contributed by atoms with Crippen LogP contribution in [-0.2, 0) is 6.54 Å². The number of nitrogens with zero attached hydrogens (tertiary/aromatic N) is 3. The fourth-order valence-corrected chi connectivity index (χ4v) is 3.46. The summed E-state index contributed by atoms with van der Waals surface area (Å²) in [6, 6.07) is 25.6. The van der Waals surface area contributed by atoms with Crippen LogP contribution >= 0.6 is 23.2 Å². The standard InChI is InChI=1S/C24H15Cl2N3O/c25-19-10-6-17(7-11-19)22-21(14-27)24(30)29(15-16-4-2-1-3-5-16)23(28-22)18-8-12-20(26)13-9-18/h1-13H,15H2. The lowest BCUT2D eigenvalue weighted by Crippen LogP contribution is -2.27. The van der Waals surface area contributed by atoms with Gasteiger partial charge in [0.1, 0.15) is 17.5 Å². The van der Waals surface area contributed by atoms with Gasteiger partial charge in [0.15, 0.2) is 0 Å². The Morgan fingerprint density at radius 3 is 1.97 bits per heavy atom. The molecule has 3 aromatic carbocycles. The summed E-state index contributed by atoms with van der Waals surface area (Å²) in [6.45, 7) is 0.292. The van der Waals surface area contributed by atoms with Gasteiger partial charge in [-0.1, -0.05) is 65.7 Å². The molecule has 0 saturated heterocycles. The first-order chi connectivity index (χ1) is 14.6. The summed E-state index contributed by atoms with van der Waals surface area (Å²) in [5.41, 5.74) is 2.23. The van der Waals surface area contributed by atoms with Gasteiger partial charge in [0.25, 0.3) is 5.56 Å². The maximum atomic E-state index is 13.4. The number of halogens is 2.